The number of anilines is 1. The fourth-order valence-corrected chi connectivity index (χ4v) is 2.50. The predicted molar refractivity (Wildman–Crippen MR) is 71.9 cm³/mol. The van der Waals surface area contributed by atoms with E-state index in [0.29, 0.717) is 29.4 Å². The summed E-state index contributed by atoms with van der Waals surface area (Å²) in [5, 5.41) is 11.4. The first-order valence-corrected chi connectivity index (χ1v) is 6.42. The number of hydrogen-bond donors (Lipinski definition) is 2. The van der Waals surface area contributed by atoms with Gasteiger partial charge in [0.25, 0.3) is 0 Å². The number of nitrogens with two attached hydrogens (primary N) is 1. The number of halogens is 2. The molecule has 0 amide bonds. The Bertz CT molecular complexity index is 403. The highest BCUT2D eigenvalue weighted by atomic mass is 35.5. The molecule has 1 aromatic rings. The van der Waals surface area contributed by atoms with Crippen LogP contribution in [0.5, 0.6) is 0 Å². The number of rotatable bonds is 2. The van der Waals surface area contributed by atoms with Gasteiger partial charge in [0, 0.05) is 24.7 Å². The van der Waals surface area contributed by atoms with Crippen LogP contribution in [0, 0.1) is 0 Å². The lowest BCUT2D eigenvalue weighted by atomic mass is 9.91. The SMILES string of the molecule is NCC1(O)CCN(c2cc(Cl)ccc2Cl)CC1. The summed E-state index contributed by atoms with van der Waals surface area (Å²) < 4.78 is 0. The summed E-state index contributed by atoms with van der Waals surface area (Å²) >= 11 is 12.1. The first-order chi connectivity index (χ1) is 8.04. The monoisotopic (exact) mass is 274 g/mol. The van der Waals surface area contributed by atoms with E-state index in [1.54, 1.807) is 12.1 Å². The molecule has 3 nitrogen and oxygen atoms in total. The maximum atomic E-state index is 10.1. The Morgan fingerprint density at radius 1 is 1.29 bits per heavy atom. The van der Waals surface area contributed by atoms with E-state index in [4.69, 9.17) is 28.9 Å². The van der Waals surface area contributed by atoms with Crippen LogP contribution < -0.4 is 10.6 Å². The third kappa shape index (κ3) is 2.86. The van der Waals surface area contributed by atoms with Crippen molar-refractivity contribution in [3.63, 3.8) is 0 Å². The zero-order valence-electron chi connectivity index (χ0n) is 9.50. The minimum absolute atomic E-state index is 0.310. The molecule has 94 valence electrons. The molecule has 0 bridgehead atoms. The highest BCUT2D eigenvalue weighted by Gasteiger charge is 2.31. The van der Waals surface area contributed by atoms with Crippen molar-refractivity contribution in [2.75, 3.05) is 24.5 Å². The molecule has 0 radical (unpaired) electrons. The van der Waals surface area contributed by atoms with Crippen molar-refractivity contribution in [1.29, 1.82) is 0 Å². The normalized spacial score (nSPS) is 19.4. The minimum Gasteiger partial charge on any atom is -0.388 e. The Morgan fingerprint density at radius 2 is 1.94 bits per heavy atom. The van der Waals surface area contributed by atoms with Gasteiger partial charge < -0.3 is 15.7 Å². The molecule has 5 heteroatoms. The van der Waals surface area contributed by atoms with Crippen molar-refractivity contribution in [3.05, 3.63) is 28.2 Å². The average Bonchev–Trinajstić information content (AvgIpc) is 2.34. The summed E-state index contributed by atoms with van der Waals surface area (Å²) in [5.74, 6) is 0. The molecule has 17 heavy (non-hydrogen) atoms. The highest BCUT2D eigenvalue weighted by Crippen LogP contribution is 2.32. The van der Waals surface area contributed by atoms with Gasteiger partial charge >= 0.3 is 0 Å². The van der Waals surface area contributed by atoms with Crippen LogP contribution >= 0.6 is 23.2 Å². The Morgan fingerprint density at radius 3 is 2.53 bits per heavy atom. The lowest BCUT2D eigenvalue weighted by Gasteiger charge is -2.39. The molecule has 1 aliphatic rings. The van der Waals surface area contributed by atoms with Gasteiger partial charge in [-0.1, -0.05) is 23.2 Å². The molecule has 0 spiro atoms. The van der Waals surface area contributed by atoms with Gasteiger partial charge in [-0.25, -0.2) is 0 Å². The average molecular weight is 275 g/mol. The second-order valence-corrected chi connectivity index (χ2v) is 5.35. The fourth-order valence-electron chi connectivity index (χ4n) is 2.10. The van der Waals surface area contributed by atoms with Crippen LogP contribution in [0.15, 0.2) is 18.2 Å². The first kappa shape index (κ1) is 13.0. The van der Waals surface area contributed by atoms with Gasteiger partial charge in [0.05, 0.1) is 16.3 Å². The molecule has 2 rings (SSSR count). The molecule has 1 fully saturated rings. The molecule has 1 heterocycles. The van der Waals surface area contributed by atoms with Gasteiger partial charge in [0.1, 0.15) is 0 Å². The van der Waals surface area contributed by atoms with E-state index in [0.717, 1.165) is 18.8 Å². The lowest BCUT2D eigenvalue weighted by molar-refractivity contribution is 0.0250. The Balaban J connectivity index is 2.13. The number of nitrogens with zero attached hydrogens (tertiary/aromatic N) is 1. The van der Waals surface area contributed by atoms with E-state index >= 15 is 0 Å². The maximum absolute atomic E-state index is 10.1. The fraction of sp³-hybridized carbons (Fsp3) is 0.500. The van der Waals surface area contributed by atoms with Crippen LogP contribution in [0.2, 0.25) is 10.0 Å². The predicted octanol–water partition coefficient (Wildman–Crippen LogP) is 2.28. The number of hydrogen-bond acceptors (Lipinski definition) is 3. The Hall–Kier alpha value is -0.480. The van der Waals surface area contributed by atoms with Crippen molar-refractivity contribution in [2.24, 2.45) is 5.73 Å². The third-order valence-corrected chi connectivity index (χ3v) is 3.88. The quantitative estimate of drug-likeness (QED) is 0.870. The topological polar surface area (TPSA) is 49.5 Å². The summed E-state index contributed by atoms with van der Waals surface area (Å²) in [6, 6.07) is 5.42. The molecule has 0 saturated carbocycles. The molecule has 1 saturated heterocycles. The highest BCUT2D eigenvalue weighted by molar-refractivity contribution is 6.35. The van der Waals surface area contributed by atoms with Crippen LogP contribution in [-0.4, -0.2) is 30.3 Å². The molecule has 0 aliphatic carbocycles. The van der Waals surface area contributed by atoms with Crippen molar-refractivity contribution >= 4 is 28.9 Å². The maximum Gasteiger partial charge on any atom is 0.0803 e. The van der Waals surface area contributed by atoms with Crippen LogP contribution in [0.4, 0.5) is 5.69 Å². The Labute approximate surface area is 111 Å². The number of benzene rings is 1. The van der Waals surface area contributed by atoms with E-state index < -0.39 is 5.60 Å². The van der Waals surface area contributed by atoms with Crippen LogP contribution in [0.1, 0.15) is 12.8 Å². The zero-order chi connectivity index (χ0) is 12.5. The summed E-state index contributed by atoms with van der Waals surface area (Å²) in [7, 11) is 0. The van der Waals surface area contributed by atoms with Crippen molar-refractivity contribution in [3.8, 4) is 0 Å². The first-order valence-electron chi connectivity index (χ1n) is 5.66. The molecule has 1 aromatic carbocycles. The minimum atomic E-state index is -0.721. The number of piperidine rings is 1. The van der Waals surface area contributed by atoms with Gasteiger partial charge in [-0.05, 0) is 31.0 Å². The second-order valence-electron chi connectivity index (χ2n) is 4.51. The van der Waals surface area contributed by atoms with E-state index in [9.17, 15) is 5.11 Å². The van der Waals surface area contributed by atoms with E-state index in [1.165, 1.54) is 0 Å². The number of aliphatic hydroxyl groups is 1. The van der Waals surface area contributed by atoms with Crippen molar-refractivity contribution in [1.82, 2.24) is 0 Å². The standard InChI is InChI=1S/C12H16Cl2N2O/c13-9-1-2-10(14)11(7-9)16-5-3-12(17,8-15)4-6-16/h1-2,7,17H,3-6,8,15H2. The molecule has 3 N–H and O–H groups in total. The second kappa shape index (κ2) is 5.02. The summed E-state index contributed by atoms with van der Waals surface area (Å²) in [4.78, 5) is 2.14. The van der Waals surface area contributed by atoms with Gasteiger partial charge in [0.15, 0.2) is 0 Å². The van der Waals surface area contributed by atoms with Gasteiger partial charge in [-0.15, -0.1) is 0 Å². The summed E-state index contributed by atoms with van der Waals surface area (Å²) in [5.41, 5.74) is 5.77. The van der Waals surface area contributed by atoms with E-state index in [1.807, 2.05) is 6.07 Å². The van der Waals surface area contributed by atoms with E-state index in [-0.39, 0.29) is 0 Å². The third-order valence-electron chi connectivity index (χ3n) is 3.32. The van der Waals surface area contributed by atoms with Crippen LogP contribution in [-0.2, 0) is 0 Å². The molecule has 0 atom stereocenters. The Kier molecular flexibility index (Phi) is 3.83. The molecular weight excluding hydrogens is 259 g/mol. The summed E-state index contributed by atoms with van der Waals surface area (Å²) in [6.07, 6.45) is 1.32. The van der Waals surface area contributed by atoms with Crippen LogP contribution in [0.25, 0.3) is 0 Å². The van der Waals surface area contributed by atoms with Gasteiger partial charge in [-0.3, -0.25) is 0 Å². The lowest BCUT2D eigenvalue weighted by Crippen LogP contribution is -2.48. The largest absolute Gasteiger partial charge is 0.388 e. The molecular formula is C12H16Cl2N2O. The van der Waals surface area contributed by atoms with Crippen LogP contribution in [0.3, 0.4) is 0 Å². The molecule has 0 aromatic heterocycles. The van der Waals surface area contributed by atoms with Crippen molar-refractivity contribution in [2.45, 2.75) is 18.4 Å². The molecule has 1 aliphatic heterocycles. The van der Waals surface area contributed by atoms with E-state index in [2.05, 4.69) is 4.90 Å². The zero-order valence-corrected chi connectivity index (χ0v) is 11.0. The van der Waals surface area contributed by atoms with Gasteiger partial charge in [0.2, 0.25) is 0 Å². The molecule has 0 unspecified atom stereocenters. The van der Waals surface area contributed by atoms with Gasteiger partial charge in [-0.2, -0.15) is 0 Å². The van der Waals surface area contributed by atoms with Crippen molar-refractivity contribution < 1.29 is 5.11 Å². The smallest absolute Gasteiger partial charge is 0.0803 e. The summed E-state index contributed by atoms with van der Waals surface area (Å²) in [6.45, 7) is 1.80.